The third-order valence-corrected chi connectivity index (χ3v) is 3.45. The summed E-state index contributed by atoms with van der Waals surface area (Å²) >= 11 is 0. The van der Waals surface area contributed by atoms with Crippen molar-refractivity contribution in [2.45, 2.75) is 39.8 Å². The Kier molecular flexibility index (Phi) is 4.01. The second-order valence-corrected chi connectivity index (χ2v) is 5.13. The molecule has 18 heavy (non-hydrogen) atoms. The van der Waals surface area contributed by atoms with E-state index >= 15 is 0 Å². The summed E-state index contributed by atoms with van der Waals surface area (Å²) in [5, 5.41) is 7.38. The topological polar surface area (TPSA) is 50.2 Å². The summed E-state index contributed by atoms with van der Waals surface area (Å²) in [6.07, 6.45) is 1.02. The largest absolute Gasteiger partial charge is 0.355 e. The molecule has 1 fully saturated rings. The second-order valence-electron chi connectivity index (χ2n) is 5.13. The monoisotopic (exact) mass is 250 g/mol. The Morgan fingerprint density at radius 1 is 1.50 bits per heavy atom. The van der Waals surface area contributed by atoms with Crippen LogP contribution in [0, 0.1) is 13.8 Å². The third-order valence-electron chi connectivity index (χ3n) is 3.45. The van der Waals surface area contributed by atoms with E-state index in [1.807, 2.05) is 11.6 Å². The number of nitrogens with zero attached hydrogens (tertiary/aromatic N) is 3. The highest BCUT2D eigenvalue weighted by molar-refractivity contribution is 5.78. The number of carbonyl (C=O) groups excluding carboxylic acids is 1. The first-order valence-corrected chi connectivity index (χ1v) is 6.58. The van der Waals surface area contributed by atoms with Crippen molar-refractivity contribution in [1.29, 1.82) is 0 Å². The molecule has 100 valence electrons. The molecule has 1 aliphatic heterocycles. The predicted octanol–water partition coefficient (Wildman–Crippen LogP) is 0.710. The molecular formula is C13H22N4O. The molecule has 0 aliphatic carbocycles. The lowest BCUT2D eigenvalue weighted by atomic mass is 10.2. The smallest absolute Gasteiger partial charge is 0.234 e. The van der Waals surface area contributed by atoms with E-state index in [1.165, 1.54) is 5.69 Å². The van der Waals surface area contributed by atoms with Crippen molar-refractivity contribution in [2.75, 3.05) is 19.6 Å². The van der Waals surface area contributed by atoms with E-state index in [2.05, 4.69) is 35.2 Å². The minimum atomic E-state index is 0.132. The van der Waals surface area contributed by atoms with Crippen molar-refractivity contribution in [3.8, 4) is 0 Å². The molecule has 1 aromatic heterocycles. The van der Waals surface area contributed by atoms with Gasteiger partial charge < -0.3 is 5.32 Å². The molecule has 0 radical (unpaired) electrons. The van der Waals surface area contributed by atoms with Crippen LogP contribution in [0.1, 0.15) is 24.7 Å². The number of aromatic nitrogens is 2. The molecule has 0 bridgehead atoms. The summed E-state index contributed by atoms with van der Waals surface area (Å²) in [6.45, 7) is 9.35. The fourth-order valence-corrected chi connectivity index (χ4v) is 2.43. The van der Waals surface area contributed by atoms with Crippen molar-refractivity contribution in [1.82, 2.24) is 20.0 Å². The summed E-state index contributed by atoms with van der Waals surface area (Å²) in [6, 6.07) is 2.41. The molecule has 5 nitrogen and oxygen atoms in total. The van der Waals surface area contributed by atoms with Crippen LogP contribution in [0.15, 0.2) is 6.07 Å². The Labute approximate surface area is 108 Å². The standard InChI is InChI=1S/C13H22N4O/c1-10-7-11(2)17(15-10)8-12(3)16-6-4-5-14-13(18)9-16/h7,12H,4-6,8-9H2,1-3H3,(H,14,18)/t12-/m1/s1. The lowest BCUT2D eigenvalue weighted by Crippen LogP contribution is -2.41. The number of amides is 1. The number of nitrogens with one attached hydrogen (secondary N) is 1. The van der Waals surface area contributed by atoms with Gasteiger partial charge in [-0.1, -0.05) is 0 Å². The van der Waals surface area contributed by atoms with Crippen LogP contribution in [0.25, 0.3) is 0 Å². The van der Waals surface area contributed by atoms with Crippen LogP contribution in [0.3, 0.4) is 0 Å². The molecule has 5 heteroatoms. The zero-order valence-electron chi connectivity index (χ0n) is 11.4. The van der Waals surface area contributed by atoms with E-state index in [1.54, 1.807) is 0 Å². The van der Waals surface area contributed by atoms with Gasteiger partial charge in [0, 0.05) is 24.8 Å². The van der Waals surface area contributed by atoms with Gasteiger partial charge in [0.05, 0.1) is 18.8 Å². The average Bonchev–Trinajstić information content (AvgIpc) is 2.52. The highest BCUT2D eigenvalue weighted by atomic mass is 16.2. The Morgan fingerprint density at radius 3 is 2.94 bits per heavy atom. The van der Waals surface area contributed by atoms with Crippen LogP contribution in [0.2, 0.25) is 0 Å². The van der Waals surface area contributed by atoms with Crippen molar-refractivity contribution in [3.05, 3.63) is 17.5 Å². The minimum absolute atomic E-state index is 0.132. The maximum atomic E-state index is 11.5. The molecule has 1 aliphatic rings. The molecule has 0 unspecified atom stereocenters. The van der Waals surface area contributed by atoms with Crippen LogP contribution in [-0.2, 0) is 11.3 Å². The van der Waals surface area contributed by atoms with Gasteiger partial charge in [-0.25, -0.2) is 0 Å². The van der Waals surface area contributed by atoms with Crippen LogP contribution < -0.4 is 5.32 Å². The molecule has 0 saturated carbocycles. The zero-order chi connectivity index (χ0) is 13.1. The van der Waals surface area contributed by atoms with Crippen LogP contribution >= 0.6 is 0 Å². The normalized spacial score (nSPS) is 19.4. The van der Waals surface area contributed by atoms with E-state index in [0.717, 1.165) is 31.7 Å². The van der Waals surface area contributed by atoms with E-state index in [-0.39, 0.29) is 5.91 Å². The van der Waals surface area contributed by atoms with Gasteiger partial charge in [-0.15, -0.1) is 0 Å². The van der Waals surface area contributed by atoms with Gasteiger partial charge in [0.1, 0.15) is 0 Å². The third kappa shape index (κ3) is 3.10. The van der Waals surface area contributed by atoms with Crippen molar-refractivity contribution in [3.63, 3.8) is 0 Å². The molecular weight excluding hydrogens is 228 g/mol. The van der Waals surface area contributed by atoms with Gasteiger partial charge in [-0.3, -0.25) is 14.4 Å². The van der Waals surface area contributed by atoms with Gasteiger partial charge in [0.2, 0.25) is 5.91 Å². The van der Waals surface area contributed by atoms with Crippen molar-refractivity contribution in [2.24, 2.45) is 0 Å². The molecule has 1 saturated heterocycles. The Balaban J connectivity index is 2.00. The van der Waals surface area contributed by atoms with Gasteiger partial charge in [-0.2, -0.15) is 5.10 Å². The van der Waals surface area contributed by atoms with Gasteiger partial charge in [-0.05, 0) is 33.3 Å². The van der Waals surface area contributed by atoms with Crippen molar-refractivity contribution >= 4 is 5.91 Å². The highest BCUT2D eigenvalue weighted by Gasteiger charge is 2.20. The Bertz CT molecular complexity index is 427. The Morgan fingerprint density at radius 2 is 2.28 bits per heavy atom. The number of rotatable bonds is 3. The van der Waals surface area contributed by atoms with E-state index in [0.29, 0.717) is 12.6 Å². The summed E-state index contributed by atoms with van der Waals surface area (Å²) in [5.41, 5.74) is 2.23. The number of hydrogen-bond acceptors (Lipinski definition) is 3. The molecule has 1 atom stereocenters. The number of hydrogen-bond donors (Lipinski definition) is 1. The fraction of sp³-hybridized carbons (Fsp3) is 0.692. The lowest BCUT2D eigenvalue weighted by Gasteiger charge is -2.26. The summed E-state index contributed by atoms with van der Waals surface area (Å²) in [4.78, 5) is 13.8. The van der Waals surface area contributed by atoms with E-state index < -0.39 is 0 Å². The second kappa shape index (κ2) is 5.52. The number of aryl methyl sites for hydroxylation is 2. The van der Waals surface area contributed by atoms with Crippen LogP contribution in [0.4, 0.5) is 0 Å². The fourth-order valence-electron chi connectivity index (χ4n) is 2.43. The quantitative estimate of drug-likeness (QED) is 0.859. The molecule has 2 heterocycles. The highest BCUT2D eigenvalue weighted by Crippen LogP contribution is 2.08. The summed E-state index contributed by atoms with van der Waals surface area (Å²) in [7, 11) is 0. The minimum Gasteiger partial charge on any atom is -0.355 e. The molecule has 1 aromatic rings. The number of carbonyl (C=O) groups is 1. The molecule has 1 amide bonds. The zero-order valence-corrected chi connectivity index (χ0v) is 11.4. The molecule has 0 aromatic carbocycles. The predicted molar refractivity (Wildman–Crippen MR) is 70.4 cm³/mol. The van der Waals surface area contributed by atoms with Crippen LogP contribution in [-0.4, -0.2) is 46.3 Å². The Hall–Kier alpha value is -1.36. The maximum Gasteiger partial charge on any atom is 0.234 e. The first-order valence-electron chi connectivity index (χ1n) is 6.58. The van der Waals surface area contributed by atoms with Crippen LogP contribution in [0.5, 0.6) is 0 Å². The molecule has 0 spiro atoms. The first-order chi connectivity index (χ1) is 8.56. The van der Waals surface area contributed by atoms with Gasteiger partial charge in [0.15, 0.2) is 0 Å². The molecule has 1 N–H and O–H groups in total. The summed E-state index contributed by atoms with van der Waals surface area (Å²) < 4.78 is 2.03. The maximum absolute atomic E-state index is 11.5. The van der Waals surface area contributed by atoms with Gasteiger partial charge in [0.25, 0.3) is 0 Å². The lowest BCUT2D eigenvalue weighted by molar-refractivity contribution is -0.121. The molecule has 2 rings (SSSR count). The summed E-state index contributed by atoms with van der Waals surface area (Å²) in [5.74, 6) is 0.132. The first kappa shape index (κ1) is 13.1. The van der Waals surface area contributed by atoms with Gasteiger partial charge >= 0.3 is 0 Å². The van der Waals surface area contributed by atoms with E-state index in [9.17, 15) is 4.79 Å². The SMILES string of the molecule is Cc1cc(C)n(C[C@@H](C)N2CCCNC(=O)C2)n1. The average molecular weight is 250 g/mol. The van der Waals surface area contributed by atoms with Crippen molar-refractivity contribution < 1.29 is 4.79 Å². The van der Waals surface area contributed by atoms with E-state index in [4.69, 9.17) is 0 Å².